The lowest BCUT2D eigenvalue weighted by molar-refractivity contribution is 0.0695. The molecule has 0 saturated carbocycles. The van der Waals surface area contributed by atoms with Gasteiger partial charge in [-0.15, -0.1) is 0 Å². The van der Waals surface area contributed by atoms with Crippen molar-refractivity contribution in [1.29, 1.82) is 0 Å². The van der Waals surface area contributed by atoms with E-state index in [1.54, 1.807) is 6.92 Å². The number of carboxylic acid groups (broad SMARTS) is 1. The van der Waals surface area contributed by atoms with Crippen LogP contribution in [0.4, 0.5) is 0 Å². The molecule has 0 aliphatic carbocycles. The Bertz CT molecular complexity index is 440. The van der Waals surface area contributed by atoms with E-state index in [9.17, 15) is 4.79 Å². The van der Waals surface area contributed by atoms with Crippen LogP contribution in [0, 0.1) is 6.92 Å². The van der Waals surface area contributed by atoms with Crippen molar-refractivity contribution in [2.24, 2.45) is 0 Å². The zero-order valence-corrected chi connectivity index (χ0v) is 8.01. The molecule has 2 N–H and O–H groups in total. The molecule has 1 aromatic rings. The van der Waals surface area contributed by atoms with Crippen molar-refractivity contribution in [3.05, 3.63) is 21.8 Å². The van der Waals surface area contributed by atoms with Crippen LogP contribution in [0.2, 0.25) is 0 Å². The molecule has 0 bridgehead atoms. The molecule has 0 saturated heterocycles. The number of H-pyrrole nitrogens is 1. The van der Waals surface area contributed by atoms with Gasteiger partial charge in [0.1, 0.15) is 0 Å². The van der Waals surface area contributed by atoms with E-state index in [4.69, 9.17) is 5.11 Å². The highest BCUT2D eigenvalue weighted by Gasteiger charge is 2.10. The van der Waals surface area contributed by atoms with Crippen LogP contribution in [-0.2, 0) is 0 Å². The lowest BCUT2D eigenvalue weighted by Crippen LogP contribution is -2.26. The van der Waals surface area contributed by atoms with E-state index in [-0.39, 0.29) is 0 Å². The topological polar surface area (TPSA) is 53.1 Å². The Kier molecular flexibility index (Phi) is 2.56. The zero-order valence-electron chi connectivity index (χ0n) is 8.01. The Morgan fingerprint density at radius 1 is 1.38 bits per heavy atom. The van der Waals surface area contributed by atoms with Gasteiger partial charge < -0.3 is 10.1 Å². The normalized spacial score (nSPS) is 13.8. The van der Waals surface area contributed by atoms with E-state index in [0.717, 1.165) is 10.6 Å². The van der Waals surface area contributed by atoms with Crippen LogP contribution in [-0.4, -0.2) is 16.1 Å². The second-order valence-corrected chi connectivity index (χ2v) is 2.83. The highest BCUT2D eigenvalue weighted by molar-refractivity contribution is 5.89. The summed E-state index contributed by atoms with van der Waals surface area (Å²) in [5.74, 6) is -0.880. The van der Waals surface area contributed by atoms with Gasteiger partial charge in [-0.1, -0.05) is 12.2 Å². The third kappa shape index (κ3) is 1.49. The molecule has 1 heterocycles. The minimum atomic E-state index is -0.880. The van der Waals surface area contributed by atoms with Crippen molar-refractivity contribution >= 4 is 18.1 Å². The third-order valence-corrected chi connectivity index (χ3v) is 2.05. The van der Waals surface area contributed by atoms with Crippen molar-refractivity contribution in [2.45, 2.75) is 20.8 Å². The van der Waals surface area contributed by atoms with Crippen molar-refractivity contribution in [3.63, 3.8) is 0 Å². The molecule has 0 aliphatic rings. The van der Waals surface area contributed by atoms with Gasteiger partial charge in [-0.25, -0.2) is 4.79 Å². The quantitative estimate of drug-likeness (QED) is 0.664. The molecular formula is C10H13NO2. The molecule has 70 valence electrons. The highest BCUT2D eigenvalue weighted by atomic mass is 16.4. The standard InChI is InChI=1S/C10H13NO2/c1-4-7-8(5-2)11-6(3)9(7)10(12)13/h4-5,11H,1-3H3,(H,12,13)/b7-4+,8-5+. The summed E-state index contributed by atoms with van der Waals surface area (Å²) in [7, 11) is 0. The zero-order chi connectivity index (χ0) is 10.0. The molecule has 1 aromatic heterocycles. The molecule has 0 radical (unpaired) electrons. The summed E-state index contributed by atoms with van der Waals surface area (Å²) >= 11 is 0. The van der Waals surface area contributed by atoms with Crippen molar-refractivity contribution < 1.29 is 9.90 Å². The van der Waals surface area contributed by atoms with Gasteiger partial charge in [0.05, 0.1) is 5.56 Å². The Morgan fingerprint density at radius 3 is 2.38 bits per heavy atom. The number of aromatic nitrogens is 1. The first kappa shape index (κ1) is 9.58. The van der Waals surface area contributed by atoms with Crippen LogP contribution in [0.15, 0.2) is 0 Å². The number of rotatable bonds is 1. The van der Waals surface area contributed by atoms with Crippen LogP contribution in [0.1, 0.15) is 29.9 Å². The smallest absolute Gasteiger partial charge is 0.338 e. The molecule has 0 amide bonds. The van der Waals surface area contributed by atoms with Crippen molar-refractivity contribution in [3.8, 4) is 0 Å². The molecule has 1 rings (SSSR count). The Labute approximate surface area is 76.4 Å². The summed E-state index contributed by atoms with van der Waals surface area (Å²) in [6, 6.07) is 0. The van der Waals surface area contributed by atoms with E-state index < -0.39 is 5.97 Å². The van der Waals surface area contributed by atoms with Gasteiger partial charge in [-0.3, -0.25) is 0 Å². The largest absolute Gasteiger partial charge is 0.478 e. The molecular weight excluding hydrogens is 166 g/mol. The summed E-state index contributed by atoms with van der Waals surface area (Å²) in [6.07, 6.45) is 3.68. The van der Waals surface area contributed by atoms with Gasteiger partial charge in [-0.2, -0.15) is 0 Å². The van der Waals surface area contributed by atoms with Gasteiger partial charge in [0.2, 0.25) is 0 Å². The fourth-order valence-electron chi connectivity index (χ4n) is 1.47. The lowest BCUT2D eigenvalue weighted by Gasteiger charge is -1.89. The maximum absolute atomic E-state index is 10.9. The summed E-state index contributed by atoms with van der Waals surface area (Å²) in [5.41, 5.74) is 1.07. The first-order valence-electron chi connectivity index (χ1n) is 4.16. The van der Waals surface area contributed by atoms with E-state index in [1.165, 1.54) is 0 Å². The second-order valence-electron chi connectivity index (χ2n) is 2.83. The second kappa shape index (κ2) is 3.47. The van der Waals surface area contributed by atoms with Gasteiger partial charge in [0.15, 0.2) is 0 Å². The van der Waals surface area contributed by atoms with Crippen LogP contribution < -0.4 is 10.6 Å². The molecule has 0 aliphatic heterocycles. The maximum atomic E-state index is 10.9. The SMILES string of the molecule is C/C=c1/c(C(=O)O)c(C)[nH]/c1=C/C. The fraction of sp³-hybridized carbons (Fsp3) is 0.300. The van der Waals surface area contributed by atoms with E-state index in [1.807, 2.05) is 26.0 Å². The predicted molar refractivity (Wildman–Crippen MR) is 52.0 cm³/mol. The van der Waals surface area contributed by atoms with Gasteiger partial charge in [0, 0.05) is 16.3 Å². The number of aryl methyl sites for hydroxylation is 1. The van der Waals surface area contributed by atoms with E-state index in [2.05, 4.69) is 4.98 Å². The minimum absolute atomic E-state index is 0.371. The van der Waals surface area contributed by atoms with E-state index in [0.29, 0.717) is 11.3 Å². The first-order chi connectivity index (χ1) is 6.11. The van der Waals surface area contributed by atoms with Crippen LogP contribution in [0.3, 0.4) is 0 Å². The molecule has 3 heteroatoms. The predicted octanol–water partition coefficient (Wildman–Crippen LogP) is 0.622. The van der Waals surface area contributed by atoms with Crippen molar-refractivity contribution in [1.82, 2.24) is 4.98 Å². The molecule has 0 fully saturated rings. The summed E-state index contributed by atoms with van der Waals surface area (Å²) in [5, 5.41) is 10.6. The van der Waals surface area contributed by atoms with Crippen molar-refractivity contribution in [2.75, 3.05) is 0 Å². The number of aromatic amines is 1. The molecule has 0 atom stereocenters. The number of nitrogens with one attached hydrogen (secondary N) is 1. The number of hydrogen-bond donors (Lipinski definition) is 2. The molecule has 0 aromatic carbocycles. The van der Waals surface area contributed by atoms with Crippen LogP contribution >= 0.6 is 0 Å². The monoisotopic (exact) mass is 179 g/mol. The fourth-order valence-corrected chi connectivity index (χ4v) is 1.47. The average molecular weight is 179 g/mol. The average Bonchev–Trinajstić information content (AvgIpc) is 2.41. The summed E-state index contributed by atoms with van der Waals surface area (Å²) in [4.78, 5) is 13.9. The highest BCUT2D eigenvalue weighted by Crippen LogP contribution is 1.95. The molecule has 13 heavy (non-hydrogen) atoms. The van der Waals surface area contributed by atoms with E-state index >= 15 is 0 Å². The molecule has 3 nitrogen and oxygen atoms in total. The van der Waals surface area contributed by atoms with Crippen LogP contribution in [0.25, 0.3) is 12.2 Å². The van der Waals surface area contributed by atoms with Gasteiger partial charge >= 0.3 is 5.97 Å². The summed E-state index contributed by atoms with van der Waals surface area (Å²) in [6.45, 7) is 5.48. The number of carbonyl (C=O) groups is 1. The number of aromatic carboxylic acids is 1. The van der Waals surface area contributed by atoms with Crippen LogP contribution in [0.5, 0.6) is 0 Å². The van der Waals surface area contributed by atoms with Gasteiger partial charge in [0.25, 0.3) is 0 Å². The number of hydrogen-bond acceptors (Lipinski definition) is 1. The van der Waals surface area contributed by atoms with Gasteiger partial charge in [-0.05, 0) is 20.8 Å². The Morgan fingerprint density at radius 2 is 2.00 bits per heavy atom. The maximum Gasteiger partial charge on any atom is 0.338 e. The molecule has 0 spiro atoms. The Hall–Kier alpha value is -1.51. The lowest BCUT2D eigenvalue weighted by atomic mass is 10.2. The third-order valence-electron chi connectivity index (χ3n) is 2.05. The Balaban J connectivity index is 3.71. The minimum Gasteiger partial charge on any atom is -0.478 e. The molecule has 0 unspecified atom stereocenters. The first-order valence-corrected chi connectivity index (χ1v) is 4.16. The number of carboxylic acids is 1. The summed E-state index contributed by atoms with van der Waals surface area (Å²) < 4.78 is 0.